The molecule has 29 heavy (non-hydrogen) atoms. The molecule has 0 atom stereocenters. The number of hydrogen-bond acceptors (Lipinski definition) is 6. The minimum absolute atomic E-state index is 0.821. The highest BCUT2D eigenvalue weighted by Crippen LogP contribution is 2.32. The van der Waals surface area contributed by atoms with Crippen molar-refractivity contribution in [2.75, 3.05) is 52.3 Å². The third-order valence-corrected chi connectivity index (χ3v) is 5.31. The van der Waals surface area contributed by atoms with Crippen LogP contribution in [0, 0.1) is 0 Å². The van der Waals surface area contributed by atoms with Crippen LogP contribution in [0.25, 0.3) is 22.5 Å². The molecule has 1 fully saturated rings. The van der Waals surface area contributed by atoms with E-state index in [-0.39, 0.29) is 0 Å². The zero-order valence-electron chi connectivity index (χ0n) is 17.1. The van der Waals surface area contributed by atoms with Crippen LogP contribution in [-0.4, -0.2) is 62.3 Å². The molecule has 2 heterocycles. The first-order valence-corrected chi connectivity index (χ1v) is 9.77. The summed E-state index contributed by atoms with van der Waals surface area (Å²) in [5, 5.41) is 0. The summed E-state index contributed by atoms with van der Waals surface area (Å²) in [5.41, 5.74) is 3.75. The summed E-state index contributed by atoms with van der Waals surface area (Å²) in [5.74, 6) is 2.56. The number of benzene rings is 2. The number of ether oxygens (including phenoxy) is 2. The largest absolute Gasteiger partial charge is 0.497 e. The molecule has 1 aliphatic heterocycles. The van der Waals surface area contributed by atoms with Crippen molar-refractivity contribution >= 4 is 5.82 Å². The molecule has 0 amide bonds. The number of methoxy groups -OCH3 is 2. The minimum Gasteiger partial charge on any atom is -0.497 e. The third-order valence-electron chi connectivity index (χ3n) is 5.31. The first-order chi connectivity index (χ1) is 14.2. The molecule has 0 spiro atoms. The first kappa shape index (κ1) is 19.2. The highest BCUT2D eigenvalue weighted by molar-refractivity contribution is 5.79. The molecule has 4 rings (SSSR count). The van der Waals surface area contributed by atoms with Gasteiger partial charge in [-0.15, -0.1) is 0 Å². The van der Waals surface area contributed by atoms with Crippen molar-refractivity contribution in [3.8, 4) is 34.0 Å². The van der Waals surface area contributed by atoms with Crippen LogP contribution < -0.4 is 14.4 Å². The van der Waals surface area contributed by atoms with E-state index in [2.05, 4.69) is 16.8 Å². The van der Waals surface area contributed by atoms with Crippen LogP contribution >= 0.6 is 0 Å². The lowest BCUT2D eigenvalue weighted by Gasteiger charge is -2.33. The molecule has 0 unspecified atom stereocenters. The quantitative estimate of drug-likeness (QED) is 0.664. The Balaban J connectivity index is 1.76. The van der Waals surface area contributed by atoms with Gasteiger partial charge in [-0.05, 0) is 55.6 Å². The Hall–Kier alpha value is -3.12. The Morgan fingerprint density at radius 2 is 1.24 bits per heavy atom. The van der Waals surface area contributed by atoms with Gasteiger partial charge in [0.05, 0.1) is 31.8 Å². The van der Waals surface area contributed by atoms with E-state index >= 15 is 0 Å². The standard InChI is InChI=1S/C23H26N4O2/c1-26-12-14-27(15-13-26)21-16-24-22(17-4-8-19(28-2)9-5-17)23(25-21)18-6-10-20(29-3)11-7-18/h4-11,16H,12-15H2,1-3H3. The van der Waals surface area contributed by atoms with Crippen molar-refractivity contribution < 1.29 is 9.47 Å². The first-order valence-electron chi connectivity index (χ1n) is 9.77. The molecule has 6 heteroatoms. The maximum absolute atomic E-state index is 5.31. The highest BCUT2D eigenvalue weighted by atomic mass is 16.5. The molecule has 1 saturated heterocycles. The minimum atomic E-state index is 0.821. The maximum atomic E-state index is 5.31. The van der Waals surface area contributed by atoms with E-state index in [1.54, 1.807) is 14.2 Å². The number of rotatable bonds is 5. The fourth-order valence-corrected chi connectivity index (χ4v) is 3.48. The van der Waals surface area contributed by atoms with Crippen LogP contribution in [0.4, 0.5) is 5.82 Å². The number of nitrogens with zero attached hydrogens (tertiary/aromatic N) is 4. The van der Waals surface area contributed by atoms with Crippen LogP contribution in [0.5, 0.6) is 11.5 Å². The average molecular weight is 390 g/mol. The Kier molecular flexibility index (Phi) is 5.62. The summed E-state index contributed by atoms with van der Waals surface area (Å²) in [4.78, 5) is 14.5. The van der Waals surface area contributed by atoms with E-state index in [1.165, 1.54) is 0 Å². The summed E-state index contributed by atoms with van der Waals surface area (Å²) >= 11 is 0. The van der Waals surface area contributed by atoms with Gasteiger partial charge in [-0.25, -0.2) is 4.98 Å². The molecule has 0 N–H and O–H groups in total. The molecule has 6 nitrogen and oxygen atoms in total. The fraction of sp³-hybridized carbons (Fsp3) is 0.304. The number of hydrogen-bond donors (Lipinski definition) is 0. The van der Waals surface area contributed by atoms with Gasteiger partial charge < -0.3 is 19.3 Å². The SMILES string of the molecule is COc1ccc(-c2ncc(N3CCN(C)CC3)nc2-c2ccc(OC)cc2)cc1. The topological polar surface area (TPSA) is 50.7 Å². The second kappa shape index (κ2) is 8.49. The summed E-state index contributed by atoms with van der Waals surface area (Å²) in [7, 11) is 5.49. The molecule has 1 aromatic heterocycles. The van der Waals surface area contributed by atoms with E-state index in [4.69, 9.17) is 19.4 Å². The van der Waals surface area contributed by atoms with Crippen LogP contribution in [0.2, 0.25) is 0 Å². The van der Waals surface area contributed by atoms with Gasteiger partial charge >= 0.3 is 0 Å². The summed E-state index contributed by atoms with van der Waals surface area (Å²) in [6, 6.07) is 15.9. The highest BCUT2D eigenvalue weighted by Gasteiger charge is 2.19. The maximum Gasteiger partial charge on any atom is 0.147 e. The van der Waals surface area contributed by atoms with Crippen LogP contribution in [0.1, 0.15) is 0 Å². The summed E-state index contributed by atoms with van der Waals surface area (Å²) < 4.78 is 10.6. The number of anilines is 1. The van der Waals surface area contributed by atoms with Crippen molar-refractivity contribution in [3.63, 3.8) is 0 Å². The van der Waals surface area contributed by atoms with Gasteiger partial charge in [0, 0.05) is 37.3 Å². The van der Waals surface area contributed by atoms with Gasteiger partial charge in [0.15, 0.2) is 0 Å². The van der Waals surface area contributed by atoms with E-state index in [9.17, 15) is 0 Å². The second-order valence-electron chi connectivity index (χ2n) is 7.17. The van der Waals surface area contributed by atoms with Crippen molar-refractivity contribution in [2.45, 2.75) is 0 Å². The van der Waals surface area contributed by atoms with Crippen LogP contribution in [-0.2, 0) is 0 Å². The Bertz CT molecular complexity index is 950. The molecule has 0 aliphatic carbocycles. The summed E-state index contributed by atoms with van der Waals surface area (Å²) in [6.45, 7) is 3.96. The van der Waals surface area contributed by atoms with E-state index in [0.717, 1.165) is 66.0 Å². The second-order valence-corrected chi connectivity index (χ2v) is 7.17. The Morgan fingerprint density at radius 1 is 0.724 bits per heavy atom. The van der Waals surface area contributed by atoms with Crippen molar-refractivity contribution in [3.05, 3.63) is 54.7 Å². The van der Waals surface area contributed by atoms with Gasteiger partial charge in [-0.1, -0.05) is 0 Å². The van der Waals surface area contributed by atoms with E-state index < -0.39 is 0 Å². The van der Waals surface area contributed by atoms with Gasteiger partial charge in [-0.2, -0.15) is 0 Å². The number of likely N-dealkylation sites (N-methyl/N-ethyl adjacent to an activating group) is 1. The molecule has 0 bridgehead atoms. The van der Waals surface area contributed by atoms with Gasteiger partial charge in [0.25, 0.3) is 0 Å². The lowest BCUT2D eigenvalue weighted by atomic mass is 10.0. The van der Waals surface area contributed by atoms with E-state index in [1.807, 2.05) is 54.7 Å². The van der Waals surface area contributed by atoms with Gasteiger partial charge in [0.1, 0.15) is 17.3 Å². The lowest BCUT2D eigenvalue weighted by Crippen LogP contribution is -2.44. The van der Waals surface area contributed by atoms with Gasteiger partial charge in [0.2, 0.25) is 0 Å². The predicted octanol–water partition coefficient (Wildman–Crippen LogP) is 3.58. The summed E-state index contributed by atoms with van der Waals surface area (Å²) in [6.07, 6.45) is 1.89. The monoisotopic (exact) mass is 390 g/mol. The third kappa shape index (κ3) is 4.17. The molecular weight excluding hydrogens is 364 g/mol. The number of piperazine rings is 1. The fourth-order valence-electron chi connectivity index (χ4n) is 3.48. The Morgan fingerprint density at radius 3 is 1.76 bits per heavy atom. The van der Waals surface area contributed by atoms with Crippen LogP contribution in [0.15, 0.2) is 54.7 Å². The zero-order chi connectivity index (χ0) is 20.2. The van der Waals surface area contributed by atoms with Gasteiger partial charge in [-0.3, -0.25) is 4.98 Å². The molecular formula is C23H26N4O2. The zero-order valence-corrected chi connectivity index (χ0v) is 17.1. The molecule has 150 valence electrons. The van der Waals surface area contributed by atoms with E-state index in [0.29, 0.717) is 0 Å². The van der Waals surface area contributed by atoms with Crippen molar-refractivity contribution in [2.24, 2.45) is 0 Å². The van der Waals surface area contributed by atoms with Crippen molar-refractivity contribution in [1.29, 1.82) is 0 Å². The number of aromatic nitrogens is 2. The normalized spacial score (nSPS) is 14.7. The lowest BCUT2D eigenvalue weighted by molar-refractivity contribution is 0.312. The molecule has 2 aromatic carbocycles. The predicted molar refractivity (Wildman–Crippen MR) is 116 cm³/mol. The van der Waals surface area contributed by atoms with Crippen LogP contribution in [0.3, 0.4) is 0 Å². The molecule has 0 radical (unpaired) electrons. The van der Waals surface area contributed by atoms with Crippen molar-refractivity contribution in [1.82, 2.24) is 14.9 Å². The molecule has 1 aliphatic rings. The Labute approximate surface area is 171 Å². The molecule has 0 saturated carbocycles. The smallest absolute Gasteiger partial charge is 0.147 e. The molecule has 3 aromatic rings. The average Bonchev–Trinajstić information content (AvgIpc) is 2.79.